The van der Waals surface area contributed by atoms with Gasteiger partial charge in [-0.15, -0.1) is 8.57 Å². The van der Waals surface area contributed by atoms with Gasteiger partial charge < -0.3 is 25.2 Å². The van der Waals surface area contributed by atoms with E-state index in [4.69, 9.17) is 23.5 Å². The minimum absolute atomic E-state index is 0.126. The molecule has 6 saturated heterocycles. The molecule has 6 amide bonds. The second-order valence-electron chi connectivity index (χ2n) is 12.4. The zero-order valence-corrected chi connectivity index (χ0v) is 28.5. The Labute approximate surface area is 287 Å². The smallest absolute Gasteiger partial charge is 0.377 e. The van der Waals surface area contributed by atoms with Crippen LogP contribution in [0.25, 0.3) is 0 Å². The average Bonchev–Trinajstić information content (AvgIpc) is 3.33. The van der Waals surface area contributed by atoms with Crippen LogP contribution in [0.1, 0.15) is 44.9 Å². The molecule has 25 heteroatoms. The molecular weight excluding hydrogens is 716 g/mol. The van der Waals surface area contributed by atoms with Crippen molar-refractivity contribution in [2.75, 3.05) is 52.5 Å². The van der Waals surface area contributed by atoms with E-state index in [9.17, 15) is 36.0 Å². The van der Waals surface area contributed by atoms with Gasteiger partial charge in [-0.1, -0.05) is 0 Å². The lowest BCUT2D eigenvalue weighted by Crippen LogP contribution is -2.51. The molecule has 50 heavy (non-hydrogen) atoms. The third-order valence-electron chi connectivity index (χ3n) is 8.85. The van der Waals surface area contributed by atoms with E-state index in [1.807, 2.05) is 0 Å². The highest BCUT2D eigenvalue weighted by Gasteiger charge is 2.50. The quantitative estimate of drug-likeness (QED) is 0.0969. The molecular formula is C25H42N8O15S2. The number of carbonyl (C=O) groups excluding carboxylic acids is 4. The summed E-state index contributed by atoms with van der Waals surface area (Å²) >= 11 is 0. The Morgan fingerprint density at radius 1 is 0.720 bits per heavy atom. The monoisotopic (exact) mass is 758 g/mol. The first-order chi connectivity index (χ1) is 23.7. The van der Waals surface area contributed by atoms with Crippen molar-refractivity contribution in [3.05, 3.63) is 0 Å². The Morgan fingerprint density at radius 2 is 1.22 bits per heavy atom. The van der Waals surface area contributed by atoms with Crippen LogP contribution in [0, 0.1) is 0 Å². The maximum Gasteiger partial charge on any atom is 0.418 e. The summed E-state index contributed by atoms with van der Waals surface area (Å²) in [6.45, 7) is 3.95. The number of hydrogen-bond donors (Lipinski definition) is 6. The number of ether oxygens (including phenoxy) is 1. The lowest BCUT2D eigenvalue weighted by molar-refractivity contribution is -0.146. The topological polar surface area (TPSA) is 284 Å². The van der Waals surface area contributed by atoms with Crippen molar-refractivity contribution in [1.29, 1.82) is 0 Å². The zero-order valence-electron chi connectivity index (χ0n) is 26.9. The van der Waals surface area contributed by atoms with Crippen molar-refractivity contribution in [2.24, 2.45) is 0 Å². The molecule has 6 aliphatic heterocycles. The van der Waals surface area contributed by atoms with Crippen LogP contribution in [0.15, 0.2) is 0 Å². The summed E-state index contributed by atoms with van der Waals surface area (Å²) < 4.78 is 74.9. The third kappa shape index (κ3) is 10.1. The number of urea groups is 2. The fourth-order valence-corrected chi connectivity index (χ4v) is 7.25. The number of piperidine rings is 2. The van der Waals surface area contributed by atoms with Gasteiger partial charge in [0.1, 0.15) is 18.2 Å². The summed E-state index contributed by atoms with van der Waals surface area (Å²) in [4.78, 5) is 62.4. The standard InChI is InChI=1S/C13H22N4O7S.C12H20N4O8S/c18-12(15-23-10-3-1-2-6-14-7-10)11-5-4-9-8-16(11)13(19)17(9)24-25(20,21)22;17-11(14-23-9-5-13-3-4-22-7-9)10-2-1-8-6-15(10)12(18)16(8)24-25(19,20)21/h9-11,14H,1-8H2,(H,15,18)(H,20,21,22);8-10,13H,1-7H2,(H,14,17)(H,19,20,21)/t9-,10?,11+;8-,9?,10+/m11/s1. The fourth-order valence-electron chi connectivity index (χ4n) is 6.47. The zero-order chi connectivity index (χ0) is 36.1. The van der Waals surface area contributed by atoms with Crippen LogP contribution in [0.2, 0.25) is 0 Å². The molecule has 6 aliphatic rings. The van der Waals surface area contributed by atoms with Gasteiger partial charge in [0.15, 0.2) is 0 Å². The van der Waals surface area contributed by atoms with Crippen LogP contribution < -0.4 is 21.6 Å². The van der Waals surface area contributed by atoms with Crippen molar-refractivity contribution in [2.45, 2.75) is 81.3 Å². The summed E-state index contributed by atoms with van der Waals surface area (Å²) in [5.74, 6) is -0.963. The van der Waals surface area contributed by atoms with E-state index < -0.39 is 68.8 Å². The Morgan fingerprint density at radius 3 is 1.76 bits per heavy atom. The van der Waals surface area contributed by atoms with Crippen LogP contribution in [-0.2, 0) is 53.4 Å². The number of fused-ring (bicyclic) bond motifs is 4. The minimum atomic E-state index is -4.81. The maximum absolute atomic E-state index is 12.4. The number of carbonyl (C=O) groups is 4. The molecule has 6 rings (SSSR count). The van der Waals surface area contributed by atoms with Gasteiger partial charge in [-0.05, 0) is 51.5 Å². The number of hydroxylamine groups is 6. The number of nitrogens with zero attached hydrogens (tertiary/aromatic N) is 4. The predicted octanol–water partition coefficient (Wildman–Crippen LogP) is -2.80. The highest BCUT2D eigenvalue weighted by Crippen LogP contribution is 2.32. The lowest BCUT2D eigenvalue weighted by Gasteiger charge is -2.29. The molecule has 6 heterocycles. The number of nitrogens with one attached hydrogen (secondary N) is 4. The van der Waals surface area contributed by atoms with E-state index in [-0.39, 0.29) is 25.3 Å². The molecule has 0 aromatic carbocycles. The molecule has 23 nitrogen and oxygen atoms in total. The second kappa shape index (κ2) is 16.6. The summed E-state index contributed by atoms with van der Waals surface area (Å²) in [6, 6.07) is -4.20. The van der Waals surface area contributed by atoms with E-state index >= 15 is 0 Å². The van der Waals surface area contributed by atoms with E-state index in [1.54, 1.807) is 0 Å². The maximum atomic E-state index is 12.4. The van der Waals surface area contributed by atoms with E-state index in [0.29, 0.717) is 68.7 Å². The highest BCUT2D eigenvalue weighted by molar-refractivity contribution is 7.81. The number of amides is 6. The summed E-state index contributed by atoms with van der Waals surface area (Å²) in [5.41, 5.74) is 4.75. The van der Waals surface area contributed by atoms with E-state index in [0.717, 1.165) is 25.8 Å². The molecule has 2 unspecified atom stereocenters. The molecule has 0 aromatic heterocycles. The summed E-state index contributed by atoms with van der Waals surface area (Å²) in [5, 5.41) is 7.51. The van der Waals surface area contributed by atoms with Crippen LogP contribution in [0.4, 0.5) is 9.59 Å². The van der Waals surface area contributed by atoms with Gasteiger partial charge in [-0.25, -0.2) is 20.5 Å². The van der Waals surface area contributed by atoms with Gasteiger partial charge in [0.2, 0.25) is 0 Å². The van der Waals surface area contributed by atoms with Crippen LogP contribution in [-0.4, -0.2) is 159 Å². The number of hydrogen-bond acceptors (Lipinski definition) is 15. The average molecular weight is 759 g/mol. The molecule has 6 atom stereocenters. The van der Waals surface area contributed by atoms with Crippen molar-refractivity contribution in [3.8, 4) is 0 Å². The Balaban J connectivity index is 0.000000194. The van der Waals surface area contributed by atoms with Crippen LogP contribution >= 0.6 is 0 Å². The first kappa shape index (κ1) is 38.3. The summed E-state index contributed by atoms with van der Waals surface area (Å²) in [6.07, 6.45) is 3.81. The Hall–Kier alpha value is -2.98. The first-order valence-electron chi connectivity index (χ1n) is 16.1. The molecule has 6 fully saturated rings. The van der Waals surface area contributed by atoms with Gasteiger partial charge in [0.25, 0.3) is 11.8 Å². The first-order valence-corrected chi connectivity index (χ1v) is 18.9. The van der Waals surface area contributed by atoms with Crippen molar-refractivity contribution in [3.63, 3.8) is 0 Å². The fraction of sp³-hybridized carbons (Fsp3) is 0.840. The van der Waals surface area contributed by atoms with Crippen LogP contribution in [0.5, 0.6) is 0 Å². The van der Waals surface area contributed by atoms with Gasteiger partial charge >= 0.3 is 32.9 Å². The van der Waals surface area contributed by atoms with E-state index in [1.165, 1.54) is 9.80 Å². The van der Waals surface area contributed by atoms with Crippen molar-refractivity contribution in [1.82, 2.24) is 41.5 Å². The molecule has 284 valence electrons. The normalized spacial score (nSPS) is 30.3. The lowest BCUT2D eigenvalue weighted by atomic mass is 10.0. The largest absolute Gasteiger partial charge is 0.418 e. The van der Waals surface area contributed by atoms with Gasteiger partial charge in [-0.2, -0.15) is 27.0 Å². The van der Waals surface area contributed by atoms with Gasteiger partial charge in [0.05, 0.1) is 31.4 Å². The Bertz CT molecular complexity index is 1350. The van der Waals surface area contributed by atoms with E-state index in [2.05, 4.69) is 30.2 Å². The molecule has 0 saturated carbocycles. The molecule has 4 bridgehead atoms. The highest BCUT2D eigenvalue weighted by atomic mass is 32.3. The van der Waals surface area contributed by atoms with Crippen molar-refractivity contribution < 1.29 is 68.1 Å². The minimum Gasteiger partial charge on any atom is -0.377 e. The molecule has 0 aliphatic carbocycles. The molecule has 0 spiro atoms. The Kier molecular flexibility index (Phi) is 12.7. The molecule has 0 radical (unpaired) electrons. The van der Waals surface area contributed by atoms with Crippen LogP contribution in [0.3, 0.4) is 0 Å². The molecule has 0 aromatic rings. The summed E-state index contributed by atoms with van der Waals surface area (Å²) in [7, 11) is -9.61. The van der Waals surface area contributed by atoms with Gasteiger partial charge in [-0.3, -0.25) is 28.4 Å². The predicted molar refractivity (Wildman–Crippen MR) is 163 cm³/mol. The third-order valence-corrected chi connectivity index (χ3v) is 9.55. The number of rotatable bonds is 10. The molecule has 6 N–H and O–H groups in total. The second-order valence-corrected chi connectivity index (χ2v) is 14.4. The van der Waals surface area contributed by atoms with Gasteiger partial charge in [0, 0.05) is 32.7 Å². The SMILES string of the molecule is O=C(NOC1CCCCNC1)[C@@H]1CC[C@@H]2CN1C(=O)N2OS(=O)(=O)O.O=C(NOC1CNCCOC1)[C@@H]1CC[C@@H]2CN1C(=O)N2OS(=O)(=O)O. The van der Waals surface area contributed by atoms with Crippen molar-refractivity contribution >= 4 is 44.7 Å².